The number of aliphatic imine (C=N–C) groups is 1. The van der Waals surface area contributed by atoms with E-state index in [0.29, 0.717) is 28.4 Å². The van der Waals surface area contributed by atoms with Gasteiger partial charge >= 0.3 is 0 Å². The normalized spacial score (nSPS) is 27.1. The molecular formula is C20H20N2O3. The number of amidine groups is 1. The summed E-state index contributed by atoms with van der Waals surface area (Å²) < 4.78 is 5.98. The molecule has 0 saturated carbocycles. The molecule has 128 valence electrons. The van der Waals surface area contributed by atoms with Crippen LogP contribution < -0.4 is 10.5 Å². The SMILES string of the molecule is CC(N)=NC12C(=O)c3ccccc3C1(O)Oc1cc(C(C)C)ccc12. The molecule has 0 radical (unpaired) electrons. The van der Waals surface area contributed by atoms with E-state index in [-0.39, 0.29) is 11.6 Å². The Bertz CT molecular complexity index is 930. The zero-order chi connectivity index (χ0) is 18.0. The van der Waals surface area contributed by atoms with Crippen LogP contribution in [0, 0.1) is 0 Å². The number of carbonyl (C=O) groups is 1. The molecule has 5 nitrogen and oxygen atoms in total. The van der Waals surface area contributed by atoms with Gasteiger partial charge in [0.15, 0.2) is 0 Å². The van der Waals surface area contributed by atoms with Crippen molar-refractivity contribution in [1.29, 1.82) is 0 Å². The number of nitrogens with zero attached hydrogens (tertiary/aromatic N) is 1. The number of hydrogen-bond donors (Lipinski definition) is 2. The lowest BCUT2D eigenvalue weighted by Gasteiger charge is -2.30. The summed E-state index contributed by atoms with van der Waals surface area (Å²) in [5.41, 5.74) is 6.69. The Labute approximate surface area is 146 Å². The lowest BCUT2D eigenvalue weighted by Crippen LogP contribution is -2.48. The fourth-order valence-electron chi connectivity index (χ4n) is 3.85. The number of hydrogen-bond acceptors (Lipinski definition) is 4. The Hall–Kier alpha value is -2.66. The second kappa shape index (κ2) is 4.92. The molecule has 2 aromatic carbocycles. The molecule has 0 aromatic heterocycles. The highest BCUT2D eigenvalue weighted by Crippen LogP contribution is 2.60. The van der Waals surface area contributed by atoms with Crippen molar-refractivity contribution in [3.8, 4) is 5.75 Å². The topological polar surface area (TPSA) is 84.9 Å². The minimum Gasteiger partial charge on any atom is -0.454 e. The molecule has 2 atom stereocenters. The van der Waals surface area contributed by atoms with Crippen LogP contribution in [0.3, 0.4) is 0 Å². The summed E-state index contributed by atoms with van der Waals surface area (Å²) in [5.74, 6) is -1.21. The number of aliphatic hydroxyl groups is 1. The molecule has 5 heteroatoms. The van der Waals surface area contributed by atoms with Gasteiger partial charge in [-0.25, -0.2) is 4.99 Å². The molecule has 1 heterocycles. The fraction of sp³-hybridized carbons (Fsp3) is 0.300. The molecule has 3 N–H and O–H groups in total. The third kappa shape index (κ3) is 1.81. The van der Waals surface area contributed by atoms with E-state index in [4.69, 9.17) is 10.5 Å². The second-order valence-electron chi connectivity index (χ2n) is 6.99. The van der Waals surface area contributed by atoms with Crippen LogP contribution in [-0.2, 0) is 11.3 Å². The van der Waals surface area contributed by atoms with Crippen molar-refractivity contribution in [2.75, 3.05) is 0 Å². The average molecular weight is 336 g/mol. The maximum absolute atomic E-state index is 13.3. The summed E-state index contributed by atoms with van der Waals surface area (Å²) in [6.07, 6.45) is 0. The number of nitrogens with two attached hydrogens (primary N) is 1. The first-order valence-electron chi connectivity index (χ1n) is 8.33. The molecule has 0 saturated heterocycles. The monoisotopic (exact) mass is 336 g/mol. The van der Waals surface area contributed by atoms with Crippen molar-refractivity contribution in [2.24, 2.45) is 10.7 Å². The third-order valence-electron chi connectivity index (χ3n) is 5.02. The Morgan fingerprint density at radius 1 is 1.20 bits per heavy atom. The van der Waals surface area contributed by atoms with Gasteiger partial charge in [0.25, 0.3) is 5.79 Å². The number of benzene rings is 2. The zero-order valence-electron chi connectivity index (χ0n) is 14.4. The van der Waals surface area contributed by atoms with E-state index in [1.807, 2.05) is 18.2 Å². The van der Waals surface area contributed by atoms with Gasteiger partial charge in [0.05, 0.1) is 5.84 Å². The molecule has 25 heavy (non-hydrogen) atoms. The number of ether oxygens (including phenoxy) is 1. The van der Waals surface area contributed by atoms with Crippen molar-refractivity contribution >= 4 is 11.6 Å². The van der Waals surface area contributed by atoms with Crippen LogP contribution in [0.25, 0.3) is 0 Å². The van der Waals surface area contributed by atoms with E-state index in [0.717, 1.165) is 5.56 Å². The summed E-state index contributed by atoms with van der Waals surface area (Å²) in [6, 6.07) is 12.5. The van der Waals surface area contributed by atoms with Crippen LogP contribution in [0.1, 0.15) is 53.7 Å². The predicted octanol–water partition coefficient (Wildman–Crippen LogP) is 2.82. The molecule has 2 unspecified atom stereocenters. The first kappa shape index (κ1) is 15.8. The highest BCUT2D eigenvalue weighted by Gasteiger charge is 2.71. The van der Waals surface area contributed by atoms with E-state index in [2.05, 4.69) is 18.8 Å². The van der Waals surface area contributed by atoms with Crippen LogP contribution in [0.2, 0.25) is 0 Å². The molecule has 0 fully saturated rings. The minimum absolute atomic E-state index is 0.212. The average Bonchev–Trinajstić information content (AvgIpc) is 2.92. The second-order valence-corrected chi connectivity index (χ2v) is 6.99. The minimum atomic E-state index is -1.89. The van der Waals surface area contributed by atoms with Crippen molar-refractivity contribution < 1.29 is 14.6 Å². The number of Topliss-reactive ketones (excluding diaryl/α,β-unsaturated/α-hetero) is 1. The van der Waals surface area contributed by atoms with Crippen LogP contribution >= 0.6 is 0 Å². The maximum atomic E-state index is 13.3. The van der Waals surface area contributed by atoms with Gasteiger partial charge in [-0.15, -0.1) is 0 Å². The van der Waals surface area contributed by atoms with Crippen LogP contribution in [0.15, 0.2) is 47.5 Å². The van der Waals surface area contributed by atoms with Gasteiger partial charge in [-0.05, 0) is 24.5 Å². The van der Waals surface area contributed by atoms with Crippen LogP contribution in [0.5, 0.6) is 5.75 Å². The number of rotatable bonds is 2. The number of ketones is 1. The summed E-state index contributed by atoms with van der Waals surface area (Å²) in [7, 11) is 0. The fourth-order valence-corrected chi connectivity index (χ4v) is 3.85. The molecular weight excluding hydrogens is 316 g/mol. The maximum Gasteiger partial charge on any atom is 0.273 e. The summed E-state index contributed by atoms with van der Waals surface area (Å²) in [5, 5.41) is 11.5. The lowest BCUT2D eigenvalue weighted by molar-refractivity contribution is -0.162. The van der Waals surface area contributed by atoms with Gasteiger partial charge in [0.2, 0.25) is 11.3 Å². The highest BCUT2D eigenvalue weighted by atomic mass is 16.6. The molecule has 2 aliphatic rings. The molecule has 0 amide bonds. The van der Waals surface area contributed by atoms with Crippen molar-refractivity contribution in [3.05, 3.63) is 64.7 Å². The van der Waals surface area contributed by atoms with E-state index in [1.165, 1.54) is 0 Å². The molecule has 1 aliphatic heterocycles. The molecule has 1 aliphatic carbocycles. The van der Waals surface area contributed by atoms with Gasteiger partial charge in [-0.2, -0.15) is 0 Å². The summed E-state index contributed by atoms with van der Waals surface area (Å²) in [6.45, 7) is 5.75. The van der Waals surface area contributed by atoms with Gasteiger partial charge in [-0.3, -0.25) is 4.79 Å². The van der Waals surface area contributed by atoms with E-state index in [1.54, 1.807) is 31.2 Å². The van der Waals surface area contributed by atoms with Crippen molar-refractivity contribution in [2.45, 2.75) is 38.0 Å². The Kier molecular flexibility index (Phi) is 3.12. The Morgan fingerprint density at radius 3 is 2.60 bits per heavy atom. The van der Waals surface area contributed by atoms with Gasteiger partial charge in [-0.1, -0.05) is 50.2 Å². The zero-order valence-corrected chi connectivity index (χ0v) is 14.4. The first-order valence-corrected chi connectivity index (χ1v) is 8.33. The van der Waals surface area contributed by atoms with E-state index in [9.17, 15) is 9.90 Å². The van der Waals surface area contributed by atoms with E-state index < -0.39 is 11.3 Å². The summed E-state index contributed by atoms with van der Waals surface area (Å²) in [4.78, 5) is 17.7. The first-order chi connectivity index (χ1) is 11.8. The lowest BCUT2D eigenvalue weighted by atomic mass is 9.83. The number of fused-ring (bicyclic) bond motifs is 5. The van der Waals surface area contributed by atoms with Gasteiger partial charge < -0.3 is 15.6 Å². The summed E-state index contributed by atoms with van der Waals surface area (Å²) >= 11 is 0. The number of carbonyl (C=O) groups excluding carboxylic acids is 1. The van der Waals surface area contributed by atoms with Crippen molar-refractivity contribution in [3.63, 3.8) is 0 Å². The molecule has 0 bridgehead atoms. The van der Waals surface area contributed by atoms with Crippen LogP contribution in [0.4, 0.5) is 0 Å². The predicted molar refractivity (Wildman–Crippen MR) is 94.8 cm³/mol. The highest BCUT2D eigenvalue weighted by molar-refractivity contribution is 6.11. The van der Waals surface area contributed by atoms with Gasteiger partial charge in [0.1, 0.15) is 5.75 Å². The molecule has 4 rings (SSSR count). The largest absolute Gasteiger partial charge is 0.454 e. The Morgan fingerprint density at radius 2 is 1.92 bits per heavy atom. The van der Waals surface area contributed by atoms with Crippen LogP contribution in [-0.4, -0.2) is 16.7 Å². The standard InChI is InChI=1S/C20H20N2O3/c1-11(2)13-8-9-16-17(10-13)25-20(24)15-7-5-4-6-14(15)18(23)19(16,20)22-12(3)21/h4-11,24H,1-3H3,(H2,21,22). The smallest absolute Gasteiger partial charge is 0.273 e. The van der Waals surface area contributed by atoms with Gasteiger partial charge in [0, 0.05) is 16.7 Å². The Balaban J connectivity index is 2.05. The molecule has 2 aromatic rings. The molecule has 0 spiro atoms. The van der Waals surface area contributed by atoms with Crippen molar-refractivity contribution in [1.82, 2.24) is 0 Å². The van der Waals surface area contributed by atoms with E-state index >= 15 is 0 Å². The quantitative estimate of drug-likeness (QED) is 0.652. The third-order valence-corrected chi connectivity index (χ3v) is 5.02.